The number of carbonyl (C=O) groups is 2. The monoisotopic (exact) mass is 395 g/mol. The van der Waals surface area contributed by atoms with Crippen LogP contribution in [0.4, 0.5) is 10.5 Å². The van der Waals surface area contributed by atoms with E-state index in [0.29, 0.717) is 28.0 Å². The van der Waals surface area contributed by atoms with Crippen LogP contribution >= 0.6 is 23.2 Å². The molecule has 0 fully saturated rings. The highest BCUT2D eigenvalue weighted by Gasteiger charge is 2.07. The van der Waals surface area contributed by atoms with Gasteiger partial charge < -0.3 is 20.3 Å². The minimum absolute atomic E-state index is 0.0400. The van der Waals surface area contributed by atoms with Crippen molar-refractivity contribution in [2.24, 2.45) is 0 Å². The van der Waals surface area contributed by atoms with E-state index in [1.807, 2.05) is 6.07 Å². The average molecular weight is 396 g/mol. The maximum absolute atomic E-state index is 12.0. The Morgan fingerprint density at radius 1 is 1.08 bits per heavy atom. The van der Waals surface area contributed by atoms with Crippen molar-refractivity contribution in [3.05, 3.63) is 58.1 Å². The molecule has 0 atom stereocenters. The van der Waals surface area contributed by atoms with Crippen LogP contribution in [0.2, 0.25) is 10.0 Å². The first-order chi connectivity index (χ1) is 12.3. The van der Waals surface area contributed by atoms with Crippen molar-refractivity contribution >= 4 is 40.8 Å². The van der Waals surface area contributed by atoms with Crippen molar-refractivity contribution in [1.82, 2.24) is 10.2 Å². The Kier molecular flexibility index (Phi) is 7.12. The number of carbonyl (C=O) groups excluding carboxylic acids is 2. The van der Waals surface area contributed by atoms with Gasteiger partial charge in [0.05, 0.1) is 10.0 Å². The molecule has 2 N–H and O–H groups in total. The molecule has 0 radical (unpaired) electrons. The van der Waals surface area contributed by atoms with Gasteiger partial charge in [-0.3, -0.25) is 4.79 Å². The molecule has 0 saturated carbocycles. The predicted molar refractivity (Wildman–Crippen MR) is 103 cm³/mol. The normalized spacial score (nSPS) is 10.2. The molecule has 0 saturated heterocycles. The highest BCUT2D eigenvalue weighted by molar-refractivity contribution is 6.42. The van der Waals surface area contributed by atoms with Gasteiger partial charge >= 0.3 is 6.03 Å². The molecule has 0 unspecified atom stereocenters. The van der Waals surface area contributed by atoms with Crippen molar-refractivity contribution in [3.63, 3.8) is 0 Å². The van der Waals surface area contributed by atoms with Crippen molar-refractivity contribution in [3.8, 4) is 5.75 Å². The van der Waals surface area contributed by atoms with Crippen LogP contribution in [0.3, 0.4) is 0 Å². The summed E-state index contributed by atoms with van der Waals surface area (Å²) in [6, 6.07) is 11.6. The second-order valence-corrected chi connectivity index (χ2v) is 6.48. The van der Waals surface area contributed by atoms with E-state index >= 15 is 0 Å². The van der Waals surface area contributed by atoms with E-state index < -0.39 is 0 Å². The number of likely N-dealkylation sites (N-methyl/N-ethyl adjacent to an activating group) is 1. The third-order valence-electron chi connectivity index (χ3n) is 3.39. The Bertz CT molecular complexity index is 797. The SMILES string of the molecule is CN(C)C(=O)COc1cccc(CNC(=O)Nc2ccc(Cl)c(Cl)c2)c1. The maximum atomic E-state index is 12.0. The molecular weight excluding hydrogens is 377 g/mol. The van der Waals surface area contributed by atoms with Gasteiger partial charge in [0.15, 0.2) is 6.61 Å². The molecule has 0 bridgehead atoms. The van der Waals surface area contributed by atoms with Crippen LogP contribution in [-0.4, -0.2) is 37.5 Å². The first-order valence-corrected chi connectivity index (χ1v) is 8.52. The van der Waals surface area contributed by atoms with E-state index in [1.54, 1.807) is 50.5 Å². The molecule has 0 spiro atoms. The first kappa shape index (κ1) is 19.9. The molecule has 26 heavy (non-hydrogen) atoms. The number of nitrogens with one attached hydrogen (secondary N) is 2. The van der Waals surface area contributed by atoms with E-state index in [9.17, 15) is 9.59 Å². The average Bonchev–Trinajstić information content (AvgIpc) is 2.61. The van der Waals surface area contributed by atoms with Crippen LogP contribution in [0.5, 0.6) is 5.75 Å². The van der Waals surface area contributed by atoms with E-state index in [0.717, 1.165) is 5.56 Å². The smallest absolute Gasteiger partial charge is 0.319 e. The molecule has 138 valence electrons. The number of benzene rings is 2. The molecule has 8 heteroatoms. The summed E-state index contributed by atoms with van der Waals surface area (Å²) in [5, 5.41) is 6.19. The summed E-state index contributed by atoms with van der Waals surface area (Å²) in [4.78, 5) is 25.0. The van der Waals surface area contributed by atoms with E-state index in [-0.39, 0.29) is 18.5 Å². The second-order valence-electron chi connectivity index (χ2n) is 5.66. The lowest BCUT2D eigenvalue weighted by Crippen LogP contribution is -2.28. The number of amides is 3. The van der Waals surface area contributed by atoms with Crippen LogP contribution in [0.25, 0.3) is 0 Å². The highest BCUT2D eigenvalue weighted by atomic mass is 35.5. The molecule has 0 aliphatic rings. The Hall–Kier alpha value is -2.44. The number of rotatable bonds is 6. The largest absolute Gasteiger partial charge is 0.484 e. The Morgan fingerprint density at radius 2 is 1.85 bits per heavy atom. The molecule has 0 aliphatic heterocycles. The zero-order chi connectivity index (χ0) is 19.1. The number of anilines is 1. The highest BCUT2D eigenvalue weighted by Crippen LogP contribution is 2.24. The minimum Gasteiger partial charge on any atom is -0.484 e. The van der Waals surface area contributed by atoms with E-state index in [2.05, 4.69) is 10.6 Å². The standard InChI is InChI=1S/C18H19Cl2N3O3/c1-23(2)17(24)11-26-14-5-3-4-12(8-14)10-21-18(25)22-13-6-7-15(19)16(20)9-13/h3-9H,10-11H2,1-2H3,(H2,21,22,25). The maximum Gasteiger partial charge on any atom is 0.319 e. The van der Waals surface area contributed by atoms with Gasteiger partial charge in [-0.15, -0.1) is 0 Å². The van der Waals surface area contributed by atoms with Crippen molar-refractivity contribution < 1.29 is 14.3 Å². The molecular formula is C18H19Cl2N3O3. The van der Waals surface area contributed by atoms with E-state index in [4.69, 9.17) is 27.9 Å². The Balaban J connectivity index is 1.86. The van der Waals surface area contributed by atoms with Gasteiger partial charge in [0.25, 0.3) is 5.91 Å². The van der Waals surface area contributed by atoms with Gasteiger partial charge in [0.2, 0.25) is 0 Å². The summed E-state index contributed by atoms with van der Waals surface area (Å²) >= 11 is 11.8. The molecule has 0 aliphatic carbocycles. The van der Waals surface area contributed by atoms with Crippen molar-refractivity contribution in [1.29, 1.82) is 0 Å². The third-order valence-corrected chi connectivity index (χ3v) is 4.13. The topological polar surface area (TPSA) is 70.7 Å². The van der Waals surface area contributed by atoms with Gasteiger partial charge in [-0.25, -0.2) is 4.79 Å². The summed E-state index contributed by atoms with van der Waals surface area (Å²) in [5.74, 6) is 0.430. The van der Waals surface area contributed by atoms with Gasteiger partial charge in [0.1, 0.15) is 5.75 Å². The third kappa shape index (κ3) is 6.13. The molecule has 2 rings (SSSR count). The Labute approximate surface area is 162 Å². The summed E-state index contributed by atoms with van der Waals surface area (Å²) in [7, 11) is 3.33. The van der Waals surface area contributed by atoms with Gasteiger partial charge in [-0.1, -0.05) is 35.3 Å². The fourth-order valence-electron chi connectivity index (χ4n) is 1.95. The lowest BCUT2D eigenvalue weighted by molar-refractivity contribution is -0.130. The van der Waals surface area contributed by atoms with Crippen LogP contribution < -0.4 is 15.4 Å². The lowest BCUT2D eigenvalue weighted by atomic mass is 10.2. The molecule has 6 nitrogen and oxygen atoms in total. The molecule has 2 aromatic rings. The minimum atomic E-state index is -0.377. The van der Waals surface area contributed by atoms with Crippen LogP contribution in [0, 0.1) is 0 Å². The van der Waals surface area contributed by atoms with Crippen molar-refractivity contribution in [2.75, 3.05) is 26.0 Å². The van der Waals surface area contributed by atoms with E-state index in [1.165, 1.54) is 4.90 Å². The van der Waals surface area contributed by atoms with Crippen LogP contribution in [-0.2, 0) is 11.3 Å². The van der Waals surface area contributed by atoms with Crippen molar-refractivity contribution in [2.45, 2.75) is 6.54 Å². The number of hydrogen-bond acceptors (Lipinski definition) is 3. The summed E-state index contributed by atoms with van der Waals surface area (Å²) in [5.41, 5.74) is 1.38. The summed E-state index contributed by atoms with van der Waals surface area (Å²) in [6.07, 6.45) is 0. The summed E-state index contributed by atoms with van der Waals surface area (Å²) < 4.78 is 5.45. The predicted octanol–water partition coefficient (Wildman–Crippen LogP) is 3.78. The number of nitrogens with zero attached hydrogens (tertiary/aromatic N) is 1. The number of urea groups is 1. The molecule has 0 aromatic heterocycles. The Morgan fingerprint density at radius 3 is 2.54 bits per heavy atom. The zero-order valence-corrected chi connectivity index (χ0v) is 15.9. The second kappa shape index (κ2) is 9.31. The van der Waals surface area contributed by atoms with Gasteiger partial charge in [-0.05, 0) is 35.9 Å². The number of ether oxygens (including phenoxy) is 1. The van der Waals surface area contributed by atoms with Crippen LogP contribution in [0.15, 0.2) is 42.5 Å². The number of hydrogen-bond donors (Lipinski definition) is 2. The quantitative estimate of drug-likeness (QED) is 0.781. The fraction of sp³-hybridized carbons (Fsp3) is 0.222. The zero-order valence-electron chi connectivity index (χ0n) is 14.4. The van der Waals surface area contributed by atoms with Gasteiger partial charge in [0, 0.05) is 26.3 Å². The fourth-order valence-corrected chi connectivity index (χ4v) is 2.25. The number of halogens is 2. The molecule has 2 aromatic carbocycles. The van der Waals surface area contributed by atoms with Crippen LogP contribution in [0.1, 0.15) is 5.56 Å². The first-order valence-electron chi connectivity index (χ1n) is 7.77. The lowest BCUT2D eigenvalue weighted by Gasteiger charge is -2.12. The molecule has 0 heterocycles. The van der Waals surface area contributed by atoms with Gasteiger partial charge in [-0.2, -0.15) is 0 Å². The molecule has 3 amide bonds. The summed E-state index contributed by atoms with van der Waals surface area (Å²) in [6.45, 7) is 0.258.